The van der Waals surface area contributed by atoms with E-state index in [4.69, 9.17) is 10.5 Å². The molecule has 0 spiro atoms. The zero-order valence-corrected chi connectivity index (χ0v) is 34.6. The van der Waals surface area contributed by atoms with E-state index >= 15 is 0 Å². The van der Waals surface area contributed by atoms with E-state index in [0.29, 0.717) is 38.6 Å². The lowest BCUT2D eigenvalue weighted by molar-refractivity contribution is -0.147. The molecule has 0 saturated heterocycles. The number of carboxylic acid groups (broad SMARTS) is 1. The molecule has 2 atom stereocenters. The highest BCUT2D eigenvalue weighted by Gasteiger charge is 2.19. The standard InChI is InChI=1S/C46H84N2O5/c1-3-5-7-9-11-12-13-14-15-16-17-18-19-20-21-22-23-24-26-28-34-40-45(50)53-42(36-31-27-25-10-8-6-4-2)37-32-29-30-33-39-44(49)48-43(46(51)52)38-35-41-47/h13-14,16-17,31,36,42-43H,3-12,15,18-30,32-35,37-41,47H2,1-2H3,(H,48,49)(H,51,52)/b14-13-,17-16-,36-31-. The number of allylic oxidation sites excluding steroid dienone is 5. The second kappa shape index (κ2) is 40.8. The summed E-state index contributed by atoms with van der Waals surface area (Å²) in [5, 5.41) is 11.9. The molecule has 1 amide bonds. The molecule has 0 rings (SSSR count). The largest absolute Gasteiger partial charge is 0.480 e. The third-order valence-electron chi connectivity index (χ3n) is 9.91. The number of ether oxygens (including phenoxy) is 1. The Bertz CT molecular complexity index is 931. The van der Waals surface area contributed by atoms with Crippen LogP contribution in [0.5, 0.6) is 0 Å². The monoisotopic (exact) mass is 745 g/mol. The molecule has 2 unspecified atom stereocenters. The summed E-state index contributed by atoms with van der Waals surface area (Å²) in [5.41, 5.74) is 5.48. The van der Waals surface area contributed by atoms with Gasteiger partial charge < -0.3 is 20.9 Å². The molecule has 0 saturated carbocycles. The van der Waals surface area contributed by atoms with E-state index in [2.05, 4.69) is 55.6 Å². The van der Waals surface area contributed by atoms with Crippen LogP contribution < -0.4 is 11.1 Å². The summed E-state index contributed by atoms with van der Waals surface area (Å²) in [7, 11) is 0. The molecule has 0 aromatic heterocycles. The molecule has 0 aliphatic carbocycles. The second-order valence-electron chi connectivity index (χ2n) is 15.1. The average Bonchev–Trinajstić information content (AvgIpc) is 3.14. The summed E-state index contributed by atoms with van der Waals surface area (Å²) in [6, 6.07) is -0.870. The molecule has 0 aromatic carbocycles. The van der Waals surface area contributed by atoms with E-state index in [1.165, 1.54) is 122 Å². The lowest BCUT2D eigenvalue weighted by Crippen LogP contribution is -2.40. The maximum atomic E-state index is 12.7. The first kappa shape index (κ1) is 50.6. The van der Waals surface area contributed by atoms with Gasteiger partial charge in [0.25, 0.3) is 0 Å². The van der Waals surface area contributed by atoms with Crippen LogP contribution in [0.25, 0.3) is 0 Å². The van der Waals surface area contributed by atoms with Gasteiger partial charge in [-0.25, -0.2) is 4.79 Å². The van der Waals surface area contributed by atoms with Crippen molar-refractivity contribution in [2.24, 2.45) is 5.73 Å². The Labute approximate surface area is 326 Å². The van der Waals surface area contributed by atoms with E-state index in [1.807, 2.05) is 0 Å². The summed E-state index contributed by atoms with van der Waals surface area (Å²) in [5.74, 6) is -1.33. The van der Waals surface area contributed by atoms with Gasteiger partial charge in [0.1, 0.15) is 12.1 Å². The number of carboxylic acids is 1. The fourth-order valence-electron chi connectivity index (χ4n) is 6.51. The van der Waals surface area contributed by atoms with Crippen molar-refractivity contribution >= 4 is 17.8 Å². The van der Waals surface area contributed by atoms with Crippen LogP contribution in [-0.4, -0.2) is 41.6 Å². The Morgan fingerprint density at radius 1 is 0.566 bits per heavy atom. The summed E-state index contributed by atoms with van der Waals surface area (Å²) in [6.45, 7) is 4.90. The lowest BCUT2D eigenvalue weighted by atomic mass is 10.1. The van der Waals surface area contributed by atoms with E-state index in [-0.39, 0.29) is 18.0 Å². The molecule has 0 aliphatic rings. The highest BCUT2D eigenvalue weighted by molar-refractivity contribution is 5.83. The number of rotatable bonds is 40. The van der Waals surface area contributed by atoms with Crippen LogP contribution in [-0.2, 0) is 19.1 Å². The molecule has 7 nitrogen and oxygen atoms in total. The van der Waals surface area contributed by atoms with Gasteiger partial charge in [0.15, 0.2) is 0 Å². The molecule has 0 heterocycles. The van der Waals surface area contributed by atoms with Gasteiger partial charge >= 0.3 is 11.9 Å². The minimum Gasteiger partial charge on any atom is -0.480 e. The normalized spacial score (nSPS) is 13.0. The van der Waals surface area contributed by atoms with Gasteiger partial charge in [0.2, 0.25) is 5.91 Å². The van der Waals surface area contributed by atoms with Crippen molar-refractivity contribution in [3.05, 3.63) is 36.5 Å². The number of amides is 1. The third kappa shape index (κ3) is 37.7. The quantitative estimate of drug-likeness (QED) is 0.0326. The number of aliphatic carboxylic acids is 1. The number of nitrogens with one attached hydrogen (secondary N) is 1. The molecular weight excluding hydrogens is 661 g/mol. The van der Waals surface area contributed by atoms with Gasteiger partial charge in [0.05, 0.1) is 0 Å². The number of unbranched alkanes of at least 4 members (excludes halogenated alkanes) is 22. The van der Waals surface area contributed by atoms with Crippen molar-refractivity contribution in [3.63, 3.8) is 0 Å². The molecule has 0 aliphatic heterocycles. The predicted octanol–water partition coefficient (Wildman–Crippen LogP) is 12.6. The third-order valence-corrected chi connectivity index (χ3v) is 9.91. The number of esters is 1. The minimum atomic E-state index is -1.01. The zero-order chi connectivity index (χ0) is 38.9. The first-order valence-electron chi connectivity index (χ1n) is 22.3. The van der Waals surface area contributed by atoms with Crippen LogP contribution in [0, 0.1) is 0 Å². The van der Waals surface area contributed by atoms with E-state index < -0.39 is 12.0 Å². The maximum Gasteiger partial charge on any atom is 0.326 e. The summed E-state index contributed by atoms with van der Waals surface area (Å²) in [4.78, 5) is 36.3. The van der Waals surface area contributed by atoms with Crippen LogP contribution in [0.15, 0.2) is 36.5 Å². The summed E-state index contributed by atoms with van der Waals surface area (Å²) >= 11 is 0. The average molecular weight is 745 g/mol. The van der Waals surface area contributed by atoms with Gasteiger partial charge in [-0.05, 0) is 96.1 Å². The first-order valence-corrected chi connectivity index (χ1v) is 22.3. The molecule has 53 heavy (non-hydrogen) atoms. The van der Waals surface area contributed by atoms with Gasteiger partial charge in [-0.2, -0.15) is 0 Å². The Morgan fingerprint density at radius 2 is 1.04 bits per heavy atom. The van der Waals surface area contributed by atoms with Gasteiger partial charge in [-0.1, -0.05) is 153 Å². The molecular formula is C46H84N2O5. The highest BCUT2D eigenvalue weighted by Crippen LogP contribution is 2.16. The van der Waals surface area contributed by atoms with Crippen molar-refractivity contribution < 1.29 is 24.2 Å². The van der Waals surface area contributed by atoms with Crippen molar-refractivity contribution in [2.75, 3.05) is 6.54 Å². The second-order valence-corrected chi connectivity index (χ2v) is 15.1. The highest BCUT2D eigenvalue weighted by atomic mass is 16.5. The van der Waals surface area contributed by atoms with Crippen LogP contribution in [0.4, 0.5) is 0 Å². The number of carbonyl (C=O) groups excluding carboxylic acids is 2. The summed E-state index contributed by atoms with van der Waals surface area (Å²) in [6.07, 6.45) is 47.9. The fraction of sp³-hybridized carbons (Fsp3) is 0.804. The number of nitrogens with two attached hydrogens (primary N) is 1. The van der Waals surface area contributed by atoms with Crippen LogP contribution >= 0.6 is 0 Å². The predicted molar refractivity (Wildman–Crippen MR) is 225 cm³/mol. The Hall–Kier alpha value is -2.41. The van der Waals surface area contributed by atoms with Gasteiger partial charge in [0, 0.05) is 12.8 Å². The minimum absolute atomic E-state index is 0.0928. The van der Waals surface area contributed by atoms with Crippen LogP contribution in [0.3, 0.4) is 0 Å². The molecule has 4 N–H and O–H groups in total. The smallest absolute Gasteiger partial charge is 0.326 e. The molecule has 308 valence electrons. The van der Waals surface area contributed by atoms with Crippen LogP contribution in [0.1, 0.15) is 219 Å². The molecule has 7 heteroatoms. The molecule has 0 aromatic rings. The van der Waals surface area contributed by atoms with E-state index in [9.17, 15) is 19.5 Å². The molecule has 0 fully saturated rings. The van der Waals surface area contributed by atoms with Gasteiger partial charge in [-0.3, -0.25) is 9.59 Å². The fourth-order valence-corrected chi connectivity index (χ4v) is 6.51. The van der Waals surface area contributed by atoms with Crippen molar-refractivity contribution in [1.82, 2.24) is 5.32 Å². The number of hydrogen-bond acceptors (Lipinski definition) is 5. The van der Waals surface area contributed by atoms with Crippen LogP contribution in [0.2, 0.25) is 0 Å². The van der Waals surface area contributed by atoms with Crippen molar-refractivity contribution in [1.29, 1.82) is 0 Å². The molecule has 0 bridgehead atoms. The topological polar surface area (TPSA) is 119 Å². The molecule has 0 radical (unpaired) electrons. The first-order chi connectivity index (χ1) is 25.9. The maximum absolute atomic E-state index is 12.7. The Balaban J connectivity index is 4.12. The zero-order valence-electron chi connectivity index (χ0n) is 34.6. The summed E-state index contributed by atoms with van der Waals surface area (Å²) < 4.78 is 5.92. The van der Waals surface area contributed by atoms with Gasteiger partial charge in [-0.15, -0.1) is 0 Å². The Kier molecular flexibility index (Phi) is 38.9. The van der Waals surface area contributed by atoms with E-state index in [1.54, 1.807) is 0 Å². The van der Waals surface area contributed by atoms with E-state index in [0.717, 1.165) is 51.4 Å². The number of carbonyl (C=O) groups is 3. The van der Waals surface area contributed by atoms with Crippen molar-refractivity contribution in [2.45, 2.75) is 231 Å². The number of hydrogen-bond donors (Lipinski definition) is 3. The SMILES string of the molecule is CCCCCCC/C=C\C/C=C\CCCCCCCCCCCC(=O)OC(/C=C\CCCCCCC)CCCCCCC(=O)NC(CCCN)C(=O)O. The lowest BCUT2D eigenvalue weighted by Gasteiger charge is -2.15. The van der Waals surface area contributed by atoms with Crippen molar-refractivity contribution in [3.8, 4) is 0 Å². The Morgan fingerprint density at radius 3 is 1.57 bits per heavy atom.